The molecule has 0 aromatic rings. The van der Waals surface area contributed by atoms with Crippen LogP contribution in [0.5, 0.6) is 0 Å². The molecule has 102 valence electrons. The van der Waals surface area contributed by atoms with Gasteiger partial charge in [-0.2, -0.15) is 0 Å². The maximum atomic E-state index is 12.1. The zero-order valence-electron chi connectivity index (χ0n) is 11.9. The van der Waals surface area contributed by atoms with Crippen molar-refractivity contribution in [1.29, 1.82) is 0 Å². The first-order valence-electron chi connectivity index (χ1n) is 6.40. The van der Waals surface area contributed by atoms with E-state index in [-0.39, 0.29) is 11.9 Å². The third-order valence-electron chi connectivity index (χ3n) is 2.77. The summed E-state index contributed by atoms with van der Waals surface area (Å²) in [6.07, 6.45) is 0.425. The molecule has 0 saturated carbocycles. The summed E-state index contributed by atoms with van der Waals surface area (Å²) in [6.45, 7) is 10.3. The highest BCUT2D eigenvalue weighted by Gasteiger charge is 2.19. The first kappa shape index (κ1) is 16.4. The van der Waals surface area contributed by atoms with Crippen molar-refractivity contribution in [1.82, 2.24) is 4.90 Å². The van der Waals surface area contributed by atoms with Crippen LogP contribution in [0.1, 0.15) is 34.1 Å². The van der Waals surface area contributed by atoms with E-state index in [0.717, 1.165) is 6.54 Å². The van der Waals surface area contributed by atoms with Gasteiger partial charge in [0, 0.05) is 32.7 Å². The lowest BCUT2D eigenvalue weighted by Gasteiger charge is -2.26. The van der Waals surface area contributed by atoms with Gasteiger partial charge in [-0.1, -0.05) is 27.7 Å². The molecule has 0 aliphatic heterocycles. The lowest BCUT2D eigenvalue weighted by Crippen LogP contribution is -2.41. The van der Waals surface area contributed by atoms with Gasteiger partial charge in [0.15, 0.2) is 0 Å². The van der Waals surface area contributed by atoms with Crippen molar-refractivity contribution in [2.45, 2.75) is 40.2 Å². The highest BCUT2D eigenvalue weighted by Crippen LogP contribution is 2.07. The average molecular weight is 244 g/mol. The van der Waals surface area contributed by atoms with Gasteiger partial charge in [-0.05, 0) is 11.8 Å². The lowest BCUT2D eigenvalue weighted by molar-refractivity contribution is -0.133. The van der Waals surface area contributed by atoms with Crippen LogP contribution in [-0.2, 0) is 9.53 Å². The van der Waals surface area contributed by atoms with Gasteiger partial charge in [0.2, 0.25) is 5.91 Å². The molecular formula is C13H28N2O2. The molecule has 0 bridgehead atoms. The fourth-order valence-electron chi connectivity index (χ4n) is 1.53. The van der Waals surface area contributed by atoms with Crippen LogP contribution in [-0.4, -0.2) is 43.7 Å². The Morgan fingerprint density at radius 2 is 1.88 bits per heavy atom. The number of rotatable bonds is 8. The summed E-state index contributed by atoms with van der Waals surface area (Å²) in [7, 11) is 1.65. The van der Waals surface area contributed by atoms with Crippen LogP contribution in [0.3, 0.4) is 0 Å². The van der Waals surface area contributed by atoms with Crippen molar-refractivity contribution in [3.63, 3.8) is 0 Å². The Labute approximate surface area is 105 Å². The van der Waals surface area contributed by atoms with Gasteiger partial charge < -0.3 is 15.4 Å². The molecule has 0 aliphatic rings. The molecule has 4 nitrogen and oxygen atoms in total. The number of nitrogens with zero attached hydrogens (tertiary/aromatic N) is 1. The number of ether oxygens (including phenoxy) is 1. The summed E-state index contributed by atoms with van der Waals surface area (Å²) in [5.41, 5.74) is 5.94. The zero-order chi connectivity index (χ0) is 13.4. The highest BCUT2D eigenvalue weighted by atomic mass is 16.5. The monoisotopic (exact) mass is 244 g/mol. The van der Waals surface area contributed by atoms with E-state index >= 15 is 0 Å². The predicted molar refractivity (Wildman–Crippen MR) is 70.7 cm³/mol. The Hall–Kier alpha value is -0.610. The molecule has 17 heavy (non-hydrogen) atoms. The molecule has 0 heterocycles. The second kappa shape index (κ2) is 8.48. The lowest BCUT2D eigenvalue weighted by atomic mass is 10.0. The van der Waals surface area contributed by atoms with Crippen LogP contribution in [0.2, 0.25) is 0 Å². The minimum Gasteiger partial charge on any atom is -0.383 e. The SMILES string of the molecule is COCCN(CC(C)C)C(=O)CC(N)C(C)C. The molecule has 0 aliphatic carbocycles. The second-order valence-electron chi connectivity index (χ2n) is 5.34. The third-order valence-corrected chi connectivity index (χ3v) is 2.77. The van der Waals surface area contributed by atoms with Crippen molar-refractivity contribution in [3.8, 4) is 0 Å². The van der Waals surface area contributed by atoms with Crippen LogP contribution in [0, 0.1) is 11.8 Å². The largest absolute Gasteiger partial charge is 0.383 e. The molecule has 1 amide bonds. The predicted octanol–water partition coefficient (Wildman–Crippen LogP) is 1.49. The van der Waals surface area contributed by atoms with E-state index in [1.807, 2.05) is 18.7 Å². The summed E-state index contributed by atoms with van der Waals surface area (Å²) >= 11 is 0. The van der Waals surface area contributed by atoms with Gasteiger partial charge in [-0.15, -0.1) is 0 Å². The molecule has 1 atom stereocenters. The first-order chi connectivity index (χ1) is 7.88. The smallest absolute Gasteiger partial charge is 0.224 e. The van der Waals surface area contributed by atoms with Gasteiger partial charge in [-0.3, -0.25) is 4.79 Å². The quantitative estimate of drug-likeness (QED) is 0.704. The molecular weight excluding hydrogens is 216 g/mol. The second-order valence-corrected chi connectivity index (χ2v) is 5.34. The highest BCUT2D eigenvalue weighted by molar-refractivity contribution is 5.76. The average Bonchev–Trinajstić information content (AvgIpc) is 2.23. The fourth-order valence-corrected chi connectivity index (χ4v) is 1.53. The van der Waals surface area contributed by atoms with Crippen LogP contribution >= 0.6 is 0 Å². The van der Waals surface area contributed by atoms with E-state index in [9.17, 15) is 4.79 Å². The molecule has 0 aromatic carbocycles. The minimum absolute atomic E-state index is 0.0558. The molecule has 4 heteroatoms. The number of amides is 1. The molecule has 0 aromatic heterocycles. The maximum Gasteiger partial charge on any atom is 0.224 e. The summed E-state index contributed by atoms with van der Waals surface area (Å²) in [4.78, 5) is 13.9. The summed E-state index contributed by atoms with van der Waals surface area (Å²) < 4.78 is 5.03. The van der Waals surface area contributed by atoms with Gasteiger partial charge >= 0.3 is 0 Å². The van der Waals surface area contributed by atoms with Crippen LogP contribution in [0.15, 0.2) is 0 Å². The first-order valence-corrected chi connectivity index (χ1v) is 6.40. The molecule has 2 N–H and O–H groups in total. The number of methoxy groups -OCH3 is 1. The molecule has 0 fully saturated rings. The molecule has 0 rings (SSSR count). The number of hydrogen-bond donors (Lipinski definition) is 1. The van der Waals surface area contributed by atoms with Gasteiger partial charge in [0.25, 0.3) is 0 Å². The Kier molecular flexibility index (Phi) is 8.17. The molecule has 1 unspecified atom stereocenters. The van der Waals surface area contributed by atoms with Crippen molar-refractivity contribution >= 4 is 5.91 Å². The summed E-state index contributed by atoms with van der Waals surface area (Å²) in [5, 5.41) is 0. The van der Waals surface area contributed by atoms with E-state index in [4.69, 9.17) is 10.5 Å². The topological polar surface area (TPSA) is 55.6 Å². The Morgan fingerprint density at radius 3 is 2.29 bits per heavy atom. The number of carbonyl (C=O) groups excluding carboxylic acids is 1. The van der Waals surface area contributed by atoms with Crippen LogP contribution in [0.4, 0.5) is 0 Å². The summed E-state index contributed by atoms with van der Waals surface area (Å²) in [6, 6.07) is -0.0558. The number of nitrogens with two attached hydrogens (primary N) is 1. The van der Waals surface area contributed by atoms with Crippen molar-refractivity contribution in [2.75, 3.05) is 26.8 Å². The van der Waals surface area contributed by atoms with Gasteiger partial charge in [-0.25, -0.2) is 0 Å². The van der Waals surface area contributed by atoms with Gasteiger partial charge in [0.1, 0.15) is 0 Å². The van der Waals surface area contributed by atoms with E-state index in [1.54, 1.807) is 7.11 Å². The molecule has 0 saturated heterocycles. The fraction of sp³-hybridized carbons (Fsp3) is 0.923. The van der Waals surface area contributed by atoms with E-state index in [0.29, 0.717) is 31.4 Å². The van der Waals surface area contributed by atoms with Gasteiger partial charge in [0.05, 0.1) is 6.61 Å². The number of hydrogen-bond acceptors (Lipinski definition) is 3. The van der Waals surface area contributed by atoms with Crippen molar-refractivity contribution in [2.24, 2.45) is 17.6 Å². The maximum absolute atomic E-state index is 12.1. The normalized spacial score (nSPS) is 13.2. The Morgan fingerprint density at radius 1 is 1.29 bits per heavy atom. The number of carbonyl (C=O) groups is 1. The summed E-state index contributed by atoms with van der Waals surface area (Å²) in [5.74, 6) is 0.935. The Balaban J connectivity index is 4.30. The minimum atomic E-state index is -0.0558. The molecule has 0 radical (unpaired) electrons. The van der Waals surface area contributed by atoms with Crippen molar-refractivity contribution in [3.05, 3.63) is 0 Å². The van der Waals surface area contributed by atoms with E-state index in [2.05, 4.69) is 13.8 Å². The van der Waals surface area contributed by atoms with Crippen molar-refractivity contribution < 1.29 is 9.53 Å². The zero-order valence-corrected chi connectivity index (χ0v) is 11.9. The molecule has 0 spiro atoms. The van der Waals surface area contributed by atoms with Crippen LogP contribution < -0.4 is 5.73 Å². The van der Waals surface area contributed by atoms with E-state index in [1.165, 1.54) is 0 Å². The van der Waals surface area contributed by atoms with E-state index < -0.39 is 0 Å². The third kappa shape index (κ3) is 7.34. The standard InChI is InChI=1S/C13H28N2O2/c1-10(2)9-15(6-7-17-5)13(16)8-12(14)11(3)4/h10-12H,6-9,14H2,1-5H3. The Bertz CT molecular complexity index is 217. The van der Waals surface area contributed by atoms with Crippen LogP contribution in [0.25, 0.3) is 0 Å².